The van der Waals surface area contributed by atoms with Gasteiger partial charge in [0.25, 0.3) is 0 Å². The van der Waals surface area contributed by atoms with Crippen molar-refractivity contribution < 1.29 is 4.79 Å². The van der Waals surface area contributed by atoms with Gasteiger partial charge in [-0.05, 0) is 39.2 Å². The number of hydrogen-bond acceptors (Lipinski definition) is 3. The third-order valence-electron chi connectivity index (χ3n) is 4.27. The minimum Gasteiger partial charge on any atom is -0.368 e. The molecule has 21 heavy (non-hydrogen) atoms. The molecule has 1 aliphatic rings. The molecule has 5 heteroatoms. The van der Waals surface area contributed by atoms with Gasteiger partial charge in [0, 0.05) is 11.4 Å². The van der Waals surface area contributed by atoms with Crippen LogP contribution in [0.15, 0.2) is 30.5 Å². The number of nitrogens with two attached hydrogens (primary N) is 1. The lowest BCUT2D eigenvalue weighted by molar-refractivity contribution is -0.124. The van der Waals surface area contributed by atoms with E-state index in [1.165, 1.54) is 0 Å². The second kappa shape index (κ2) is 5.15. The Balaban J connectivity index is 1.83. The number of carbonyl (C=O) groups excluding carboxylic acids is 1. The number of fused-ring (bicyclic) bond motifs is 1. The molecular formula is C16H22N4O. The quantitative estimate of drug-likeness (QED) is 0.853. The van der Waals surface area contributed by atoms with Gasteiger partial charge in [-0.2, -0.15) is 5.10 Å². The summed E-state index contributed by atoms with van der Waals surface area (Å²) in [5.74, 6) is -0.294. The van der Waals surface area contributed by atoms with Crippen molar-refractivity contribution in [3.8, 4) is 0 Å². The predicted molar refractivity (Wildman–Crippen MR) is 82.8 cm³/mol. The molecule has 0 bridgehead atoms. The Kier molecular flexibility index (Phi) is 3.45. The highest BCUT2D eigenvalue weighted by molar-refractivity contribution is 5.84. The highest BCUT2D eigenvalue weighted by Crippen LogP contribution is 2.28. The Bertz CT molecular complexity index is 661. The van der Waals surface area contributed by atoms with Gasteiger partial charge in [0.05, 0.1) is 23.3 Å². The van der Waals surface area contributed by atoms with E-state index in [4.69, 9.17) is 5.73 Å². The summed E-state index contributed by atoms with van der Waals surface area (Å²) in [6, 6.07) is 8.62. The van der Waals surface area contributed by atoms with Crippen LogP contribution in [0.3, 0.4) is 0 Å². The van der Waals surface area contributed by atoms with Crippen LogP contribution >= 0.6 is 0 Å². The molecule has 5 nitrogen and oxygen atoms in total. The van der Waals surface area contributed by atoms with Gasteiger partial charge in [0.2, 0.25) is 5.91 Å². The number of nitrogens with zero attached hydrogens (tertiary/aromatic N) is 2. The van der Waals surface area contributed by atoms with E-state index in [0.29, 0.717) is 12.5 Å². The third kappa shape index (κ3) is 2.78. The van der Waals surface area contributed by atoms with E-state index in [9.17, 15) is 4.79 Å². The van der Waals surface area contributed by atoms with Gasteiger partial charge in [0.1, 0.15) is 0 Å². The average Bonchev–Trinajstić information content (AvgIpc) is 3.14. The maximum Gasteiger partial charge on any atom is 0.237 e. The summed E-state index contributed by atoms with van der Waals surface area (Å²) in [6.45, 7) is 3.98. The van der Waals surface area contributed by atoms with Crippen molar-refractivity contribution in [2.75, 3.05) is 0 Å². The summed E-state index contributed by atoms with van der Waals surface area (Å²) >= 11 is 0. The van der Waals surface area contributed by atoms with Crippen LogP contribution in [0.2, 0.25) is 0 Å². The summed E-state index contributed by atoms with van der Waals surface area (Å²) in [5.41, 5.74) is 6.03. The van der Waals surface area contributed by atoms with Gasteiger partial charge >= 0.3 is 0 Å². The minimum atomic E-state index is -0.687. The molecule has 2 unspecified atom stereocenters. The van der Waals surface area contributed by atoms with Crippen molar-refractivity contribution in [1.82, 2.24) is 15.1 Å². The van der Waals surface area contributed by atoms with Crippen molar-refractivity contribution in [2.45, 2.75) is 50.7 Å². The Morgan fingerprint density at radius 3 is 2.90 bits per heavy atom. The van der Waals surface area contributed by atoms with Crippen LogP contribution in [-0.4, -0.2) is 27.3 Å². The summed E-state index contributed by atoms with van der Waals surface area (Å²) in [6.07, 6.45) is 4.75. The normalized spacial score (nSPS) is 19.3. The van der Waals surface area contributed by atoms with Crippen LogP contribution in [0.4, 0.5) is 0 Å². The first kappa shape index (κ1) is 14.1. The maximum absolute atomic E-state index is 11.9. The van der Waals surface area contributed by atoms with Crippen molar-refractivity contribution >= 4 is 16.8 Å². The van der Waals surface area contributed by atoms with Crippen molar-refractivity contribution in [2.24, 2.45) is 5.73 Å². The minimum absolute atomic E-state index is 0.0913. The number of primary amides is 1. The first-order valence-corrected chi connectivity index (χ1v) is 7.49. The Labute approximate surface area is 124 Å². The van der Waals surface area contributed by atoms with Crippen LogP contribution in [-0.2, 0) is 4.79 Å². The van der Waals surface area contributed by atoms with E-state index in [-0.39, 0.29) is 11.9 Å². The maximum atomic E-state index is 11.9. The number of aromatic nitrogens is 2. The lowest BCUT2D eigenvalue weighted by Crippen LogP contribution is -2.55. The zero-order valence-corrected chi connectivity index (χ0v) is 12.5. The molecule has 1 fully saturated rings. The third-order valence-corrected chi connectivity index (χ3v) is 4.27. The molecule has 1 aliphatic carbocycles. The summed E-state index contributed by atoms with van der Waals surface area (Å²) < 4.78 is 1.98. The van der Waals surface area contributed by atoms with E-state index in [1.807, 2.05) is 36.0 Å². The molecule has 2 atom stereocenters. The van der Waals surface area contributed by atoms with E-state index in [1.54, 1.807) is 0 Å². The zero-order chi connectivity index (χ0) is 15.0. The highest BCUT2D eigenvalue weighted by Gasteiger charge is 2.38. The van der Waals surface area contributed by atoms with Crippen LogP contribution in [0.1, 0.15) is 39.2 Å². The number of para-hydroxylation sites is 1. The molecule has 3 rings (SSSR count). The molecule has 1 amide bonds. The molecular weight excluding hydrogens is 264 g/mol. The second-order valence-electron chi connectivity index (χ2n) is 6.32. The van der Waals surface area contributed by atoms with Crippen molar-refractivity contribution in [1.29, 1.82) is 0 Å². The molecule has 1 aromatic heterocycles. The average molecular weight is 286 g/mol. The van der Waals surface area contributed by atoms with Gasteiger partial charge in [-0.25, -0.2) is 0 Å². The Morgan fingerprint density at radius 1 is 1.52 bits per heavy atom. The monoisotopic (exact) mass is 286 g/mol. The summed E-state index contributed by atoms with van der Waals surface area (Å²) in [4.78, 5) is 11.9. The van der Waals surface area contributed by atoms with Crippen LogP contribution in [0, 0.1) is 0 Å². The van der Waals surface area contributed by atoms with Gasteiger partial charge in [-0.1, -0.05) is 18.2 Å². The second-order valence-corrected chi connectivity index (χ2v) is 6.32. The molecule has 3 N–H and O–H groups in total. The largest absolute Gasteiger partial charge is 0.368 e. The SMILES string of the molecule is CC(CC(C)(NC1CC1)C(N)=O)n1ncc2ccccc21. The number of nitrogens with one attached hydrogen (secondary N) is 1. The molecule has 0 saturated heterocycles. The van der Waals surface area contributed by atoms with Crippen LogP contribution in [0.5, 0.6) is 0 Å². The standard InChI is InChI=1S/C16H22N4O/c1-11(9-16(2,15(17)21)19-13-7-8-13)20-14-6-4-3-5-12(14)10-18-20/h3-6,10-11,13,19H,7-9H2,1-2H3,(H2,17,21). The first-order valence-electron chi connectivity index (χ1n) is 7.49. The molecule has 2 aromatic rings. The molecule has 1 saturated carbocycles. The fourth-order valence-electron chi connectivity index (χ4n) is 2.93. The molecule has 1 aromatic carbocycles. The van der Waals surface area contributed by atoms with E-state index >= 15 is 0 Å². The smallest absolute Gasteiger partial charge is 0.237 e. The number of benzene rings is 1. The van der Waals surface area contributed by atoms with Gasteiger partial charge in [-0.15, -0.1) is 0 Å². The van der Waals surface area contributed by atoms with Crippen molar-refractivity contribution in [3.63, 3.8) is 0 Å². The van der Waals surface area contributed by atoms with Crippen molar-refractivity contribution in [3.05, 3.63) is 30.5 Å². The molecule has 1 heterocycles. The molecule has 0 spiro atoms. The highest BCUT2D eigenvalue weighted by atomic mass is 16.1. The van der Waals surface area contributed by atoms with Gasteiger partial charge < -0.3 is 11.1 Å². The fraction of sp³-hybridized carbons (Fsp3) is 0.500. The lowest BCUT2D eigenvalue weighted by atomic mass is 9.92. The number of carbonyl (C=O) groups is 1. The number of hydrogen-bond donors (Lipinski definition) is 2. The summed E-state index contributed by atoms with van der Waals surface area (Å²) in [5, 5.41) is 8.97. The Hall–Kier alpha value is -1.88. The topological polar surface area (TPSA) is 72.9 Å². The van der Waals surface area contributed by atoms with E-state index < -0.39 is 5.54 Å². The summed E-state index contributed by atoms with van der Waals surface area (Å²) in [7, 11) is 0. The molecule has 112 valence electrons. The number of rotatable bonds is 6. The van der Waals surface area contributed by atoms with Crippen LogP contribution < -0.4 is 11.1 Å². The van der Waals surface area contributed by atoms with E-state index in [0.717, 1.165) is 23.7 Å². The first-order chi connectivity index (χ1) is 9.99. The molecule has 0 radical (unpaired) electrons. The zero-order valence-electron chi connectivity index (χ0n) is 12.5. The predicted octanol–water partition coefficient (Wildman–Crippen LogP) is 1.98. The Morgan fingerprint density at radius 2 is 2.24 bits per heavy atom. The fourth-order valence-corrected chi connectivity index (χ4v) is 2.93. The van der Waals surface area contributed by atoms with Gasteiger partial charge in [-0.3, -0.25) is 9.48 Å². The lowest BCUT2D eigenvalue weighted by Gasteiger charge is -2.30. The number of amides is 1. The van der Waals surface area contributed by atoms with E-state index in [2.05, 4.69) is 23.4 Å². The van der Waals surface area contributed by atoms with Gasteiger partial charge in [0.15, 0.2) is 0 Å². The van der Waals surface area contributed by atoms with Crippen LogP contribution in [0.25, 0.3) is 10.9 Å². The molecule has 0 aliphatic heterocycles.